The Kier molecular flexibility index (Phi) is 4.83. The van der Waals surface area contributed by atoms with Gasteiger partial charge in [0, 0.05) is 6.04 Å². The highest BCUT2D eigenvalue weighted by Crippen LogP contribution is 2.12. The molecule has 17 heavy (non-hydrogen) atoms. The molecule has 2 aromatic heterocycles. The monoisotopic (exact) mass is 249 g/mol. The summed E-state index contributed by atoms with van der Waals surface area (Å²) in [5, 5.41) is 7.98. The average Bonchev–Trinajstić information content (AvgIpc) is 2.99. The van der Waals surface area contributed by atoms with Gasteiger partial charge in [-0.2, -0.15) is 11.3 Å². The smallest absolute Gasteiger partial charge is 0.0935 e. The van der Waals surface area contributed by atoms with Gasteiger partial charge in [0.1, 0.15) is 0 Å². The van der Waals surface area contributed by atoms with E-state index in [0.717, 1.165) is 19.4 Å². The second kappa shape index (κ2) is 6.62. The van der Waals surface area contributed by atoms with Gasteiger partial charge in [0.2, 0.25) is 0 Å². The number of nitrogens with one attached hydrogen (secondary N) is 1. The molecule has 0 amide bonds. The van der Waals surface area contributed by atoms with E-state index in [2.05, 4.69) is 29.1 Å². The fourth-order valence-electron chi connectivity index (χ4n) is 1.95. The van der Waals surface area contributed by atoms with Crippen LogP contribution in [0.4, 0.5) is 0 Å². The molecule has 1 N–H and O–H groups in total. The average molecular weight is 249 g/mol. The van der Waals surface area contributed by atoms with Crippen LogP contribution in [-0.4, -0.2) is 12.6 Å². The van der Waals surface area contributed by atoms with Crippen LogP contribution in [0.25, 0.3) is 0 Å². The molecular weight excluding hydrogens is 230 g/mol. The quantitative estimate of drug-likeness (QED) is 0.812. The van der Waals surface area contributed by atoms with Crippen molar-refractivity contribution in [3.8, 4) is 0 Å². The van der Waals surface area contributed by atoms with Crippen LogP contribution in [0.1, 0.15) is 24.5 Å². The Morgan fingerprint density at radius 3 is 2.82 bits per heavy atom. The van der Waals surface area contributed by atoms with Crippen molar-refractivity contribution in [1.82, 2.24) is 5.32 Å². The van der Waals surface area contributed by atoms with E-state index in [0.29, 0.717) is 6.04 Å². The van der Waals surface area contributed by atoms with Crippen LogP contribution in [0.2, 0.25) is 0 Å². The van der Waals surface area contributed by atoms with Crippen molar-refractivity contribution in [2.75, 3.05) is 6.54 Å². The largest absolute Gasteiger partial charge is 0.472 e. The van der Waals surface area contributed by atoms with Crippen molar-refractivity contribution in [1.29, 1.82) is 0 Å². The first kappa shape index (κ1) is 12.4. The maximum absolute atomic E-state index is 5.13. The molecule has 2 heterocycles. The van der Waals surface area contributed by atoms with E-state index in [4.69, 9.17) is 4.42 Å². The summed E-state index contributed by atoms with van der Waals surface area (Å²) >= 11 is 1.77. The number of furan rings is 1. The second-order valence-electron chi connectivity index (χ2n) is 4.32. The van der Waals surface area contributed by atoms with Crippen LogP contribution in [0.3, 0.4) is 0 Å². The molecule has 0 radical (unpaired) electrons. The van der Waals surface area contributed by atoms with Crippen LogP contribution in [0, 0.1) is 0 Å². The van der Waals surface area contributed by atoms with Crippen molar-refractivity contribution in [2.24, 2.45) is 0 Å². The third kappa shape index (κ3) is 4.02. The summed E-state index contributed by atoms with van der Waals surface area (Å²) in [6.07, 6.45) is 6.89. The van der Waals surface area contributed by atoms with Gasteiger partial charge in [0.05, 0.1) is 12.5 Å². The summed E-state index contributed by atoms with van der Waals surface area (Å²) in [5.41, 5.74) is 2.70. The predicted molar refractivity (Wildman–Crippen MR) is 72.5 cm³/mol. The Hall–Kier alpha value is -1.06. The summed E-state index contributed by atoms with van der Waals surface area (Å²) < 4.78 is 5.13. The Labute approximate surface area is 107 Å². The molecule has 2 aromatic rings. The second-order valence-corrected chi connectivity index (χ2v) is 5.10. The number of thiophene rings is 1. The summed E-state index contributed by atoms with van der Waals surface area (Å²) in [6, 6.07) is 4.76. The van der Waals surface area contributed by atoms with Gasteiger partial charge < -0.3 is 9.73 Å². The molecule has 0 spiro atoms. The van der Waals surface area contributed by atoms with Gasteiger partial charge in [0.15, 0.2) is 0 Å². The highest BCUT2D eigenvalue weighted by molar-refractivity contribution is 7.07. The van der Waals surface area contributed by atoms with Crippen LogP contribution in [0.15, 0.2) is 39.8 Å². The first-order chi connectivity index (χ1) is 8.38. The molecule has 0 aliphatic heterocycles. The summed E-state index contributed by atoms with van der Waals surface area (Å²) in [7, 11) is 0. The molecule has 0 aromatic carbocycles. The topological polar surface area (TPSA) is 25.2 Å². The molecule has 0 bridgehead atoms. The minimum atomic E-state index is 0.502. The third-order valence-corrected chi connectivity index (χ3v) is 3.54. The van der Waals surface area contributed by atoms with Gasteiger partial charge >= 0.3 is 0 Å². The molecule has 0 fully saturated rings. The van der Waals surface area contributed by atoms with Crippen LogP contribution < -0.4 is 5.32 Å². The lowest BCUT2D eigenvalue weighted by Crippen LogP contribution is -2.33. The normalized spacial score (nSPS) is 12.8. The Morgan fingerprint density at radius 1 is 1.29 bits per heavy atom. The molecule has 2 rings (SSSR count). The number of hydrogen-bond donors (Lipinski definition) is 1. The molecule has 1 unspecified atom stereocenters. The van der Waals surface area contributed by atoms with Crippen molar-refractivity contribution < 1.29 is 4.42 Å². The zero-order valence-corrected chi connectivity index (χ0v) is 11.0. The van der Waals surface area contributed by atoms with Gasteiger partial charge in [-0.05, 0) is 59.8 Å². The van der Waals surface area contributed by atoms with E-state index >= 15 is 0 Å². The molecule has 0 aliphatic carbocycles. The van der Waals surface area contributed by atoms with Crippen LogP contribution in [0.5, 0.6) is 0 Å². The minimum Gasteiger partial charge on any atom is -0.472 e. The lowest BCUT2D eigenvalue weighted by molar-refractivity contribution is 0.500. The summed E-state index contributed by atoms with van der Waals surface area (Å²) in [5.74, 6) is 0. The van der Waals surface area contributed by atoms with Gasteiger partial charge in [-0.1, -0.05) is 6.92 Å². The molecular formula is C14H19NOS. The Morgan fingerprint density at radius 2 is 2.18 bits per heavy atom. The van der Waals surface area contributed by atoms with E-state index in [9.17, 15) is 0 Å². The SMILES string of the molecule is CCCNC(Cc1ccoc1)Cc1ccsc1. The summed E-state index contributed by atoms with van der Waals surface area (Å²) in [4.78, 5) is 0. The third-order valence-electron chi connectivity index (χ3n) is 2.81. The maximum Gasteiger partial charge on any atom is 0.0935 e. The lowest BCUT2D eigenvalue weighted by Gasteiger charge is -2.17. The van der Waals surface area contributed by atoms with Gasteiger partial charge in [-0.25, -0.2) is 0 Å². The fourth-order valence-corrected chi connectivity index (χ4v) is 2.63. The summed E-state index contributed by atoms with van der Waals surface area (Å²) in [6.45, 7) is 3.28. The van der Waals surface area contributed by atoms with E-state index in [1.165, 1.54) is 17.5 Å². The zero-order chi connectivity index (χ0) is 11.9. The predicted octanol–water partition coefficient (Wildman–Crippen LogP) is 3.49. The number of rotatable bonds is 7. The lowest BCUT2D eigenvalue weighted by atomic mass is 10.0. The molecule has 0 saturated carbocycles. The highest BCUT2D eigenvalue weighted by atomic mass is 32.1. The molecule has 3 heteroatoms. The van der Waals surface area contributed by atoms with Gasteiger partial charge in [-0.3, -0.25) is 0 Å². The molecule has 1 atom stereocenters. The molecule has 92 valence electrons. The molecule has 0 aliphatic rings. The first-order valence-electron chi connectivity index (χ1n) is 6.14. The minimum absolute atomic E-state index is 0.502. The van der Waals surface area contributed by atoms with E-state index in [1.54, 1.807) is 17.6 Å². The molecule has 0 saturated heterocycles. The van der Waals surface area contributed by atoms with E-state index < -0.39 is 0 Å². The van der Waals surface area contributed by atoms with E-state index in [-0.39, 0.29) is 0 Å². The van der Waals surface area contributed by atoms with Crippen molar-refractivity contribution in [3.63, 3.8) is 0 Å². The Balaban J connectivity index is 1.92. The van der Waals surface area contributed by atoms with Crippen LogP contribution in [-0.2, 0) is 12.8 Å². The van der Waals surface area contributed by atoms with Crippen molar-refractivity contribution in [3.05, 3.63) is 46.5 Å². The maximum atomic E-state index is 5.13. The fraction of sp³-hybridized carbons (Fsp3) is 0.429. The standard InChI is InChI=1S/C14H19NOS/c1-2-5-15-14(8-12-3-6-16-10-12)9-13-4-7-17-11-13/h3-4,6-7,10-11,14-15H,2,5,8-9H2,1H3. The van der Waals surface area contributed by atoms with Gasteiger partial charge in [0.25, 0.3) is 0 Å². The highest BCUT2D eigenvalue weighted by Gasteiger charge is 2.10. The number of hydrogen-bond acceptors (Lipinski definition) is 3. The molecule has 2 nitrogen and oxygen atoms in total. The zero-order valence-electron chi connectivity index (χ0n) is 10.2. The van der Waals surface area contributed by atoms with E-state index in [1.807, 2.05) is 12.3 Å². The Bertz CT molecular complexity index is 358. The van der Waals surface area contributed by atoms with Crippen LogP contribution >= 0.6 is 11.3 Å². The first-order valence-corrected chi connectivity index (χ1v) is 7.08. The van der Waals surface area contributed by atoms with Crippen molar-refractivity contribution in [2.45, 2.75) is 32.2 Å². The van der Waals surface area contributed by atoms with Crippen molar-refractivity contribution >= 4 is 11.3 Å². The van der Waals surface area contributed by atoms with Gasteiger partial charge in [-0.15, -0.1) is 0 Å².